The van der Waals surface area contributed by atoms with Crippen molar-refractivity contribution in [3.05, 3.63) is 94.5 Å². The first kappa shape index (κ1) is 24.3. The van der Waals surface area contributed by atoms with Gasteiger partial charge in [-0.3, -0.25) is 4.79 Å². The molecule has 1 N–H and O–H groups in total. The van der Waals surface area contributed by atoms with Crippen molar-refractivity contribution in [2.45, 2.75) is 24.1 Å². The van der Waals surface area contributed by atoms with Crippen molar-refractivity contribution in [2.75, 3.05) is 18.1 Å². The van der Waals surface area contributed by atoms with Gasteiger partial charge in [-0.25, -0.2) is 8.42 Å². The Morgan fingerprint density at radius 1 is 0.969 bits per heavy atom. The monoisotopic (exact) mass is 488 g/mol. The molecule has 0 saturated heterocycles. The van der Waals surface area contributed by atoms with Crippen LogP contribution in [-0.4, -0.2) is 31.4 Å². The number of hydrogen-bond acceptors (Lipinski definition) is 4. The van der Waals surface area contributed by atoms with E-state index in [0.717, 1.165) is 27.8 Å². The minimum absolute atomic E-state index is 0.138. The second kappa shape index (κ2) is 11.0. The Balaban J connectivity index is 1.67. The van der Waals surface area contributed by atoms with Gasteiger partial charge in [0.15, 0.2) is 0 Å². The zero-order valence-corrected chi connectivity index (χ0v) is 20.3. The topological polar surface area (TPSA) is 66.5 Å². The SMILES string of the molecule is Cc1ccc(CN(CC(=O)Nc2ccccc2SCc2ccc(Cl)cc2)S(C)(=O)=O)cc1. The first-order valence-electron chi connectivity index (χ1n) is 9.97. The summed E-state index contributed by atoms with van der Waals surface area (Å²) in [7, 11) is -3.56. The second-order valence-electron chi connectivity index (χ2n) is 7.48. The third kappa shape index (κ3) is 7.38. The molecule has 32 heavy (non-hydrogen) atoms. The maximum atomic E-state index is 12.7. The number of amides is 1. The number of thioether (sulfide) groups is 1. The number of carbonyl (C=O) groups is 1. The zero-order valence-electron chi connectivity index (χ0n) is 17.9. The Morgan fingerprint density at radius 3 is 2.25 bits per heavy atom. The molecule has 0 radical (unpaired) electrons. The van der Waals surface area contributed by atoms with Gasteiger partial charge in [-0.1, -0.05) is 65.7 Å². The number of nitrogens with one attached hydrogen (secondary N) is 1. The number of para-hydroxylation sites is 1. The molecule has 0 saturated carbocycles. The fraction of sp³-hybridized carbons (Fsp3) is 0.208. The Bertz CT molecular complexity index is 1160. The van der Waals surface area contributed by atoms with Gasteiger partial charge in [-0.05, 0) is 42.3 Å². The summed E-state index contributed by atoms with van der Waals surface area (Å²) in [4.78, 5) is 13.6. The Morgan fingerprint density at radius 2 is 1.59 bits per heavy atom. The van der Waals surface area contributed by atoms with Gasteiger partial charge in [0.1, 0.15) is 0 Å². The van der Waals surface area contributed by atoms with Gasteiger partial charge in [-0.15, -0.1) is 11.8 Å². The number of aryl methyl sites for hydroxylation is 1. The van der Waals surface area contributed by atoms with Gasteiger partial charge >= 0.3 is 0 Å². The number of nitrogens with zero attached hydrogens (tertiary/aromatic N) is 1. The number of sulfonamides is 1. The maximum Gasteiger partial charge on any atom is 0.239 e. The molecule has 8 heteroatoms. The van der Waals surface area contributed by atoms with Crippen LogP contribution in [0.5, 0.6) is 0 Å². The third-order valence-corrected chi connectivity index (χ3v) is 7.33. The van der Waals surface area contributed by atoms with Crippen molar-refractivity contribution < 1.29 is 13.2 Å². The highest BCUT2D eigenvalue weighted by molar-refractivity contribution is 7.98. The molecule has 3 aromatic carbocycles. The molecule has 0 heterocycles. The van der Waals surface area contributed by atoms with Crippen molar-refractivity contribution in [3.8, 4) is 0 Å². The van der Waals surface area contributed by atoms with Gasteiger partial charge in [0, 0.05) is 22.2 Å². The lowest BCUT2D eigenvalue weighted by molar-refractivity contribution is -0.116. The predicted molar refractivity (Wildman–Crippen MR) is 133 cm³/mol. The number of halogens is 1. The molecule has 1 amide bonds. The minimum Gasteiger partial charge on any atom is -0.324 e. The van der Waals surface area contributed by atoms with Crippen LogP contribution in [0.1, 0.15) is 16.7 Å². The summed E-state index contributed by atoms with van der Waals surface area (Å²) in [5.74, 6) is 0.328. The van der Waals surface area contributed by atoms with Crippen molar-refractivity contribution in [1.82, 2.24) is 4.31 Å². The molecule has 3 aromatic rings. The van der Waals surface area contributed by atoms with Crippen molar-refractivity contribution in [1.29, 1.82) is 0 Å². The van der Waals surface area contributed by atoms with E-state index in [1.54, 1.807) is 11.8 Å². The lowest BCUT2D eigenvalue weighted by Crippen LogP contribution is -2.37. The summed E-state index contributed by atoms with van der Waals surface area (Å²) in [6.07, 6.45) is 1.12. The van der Waals surface area contributed by atoms with E-state index in [4.69, 9.17) is 11.6 Å². The molecule has 0 fully saturated rings. The standard InChI is InChI=1S/C24H25ClN2O3S2/c1-18-7-9-19(10-8-18)15-27(32(2,29)30)16-24(28)26-22-5-3-4-6-23(22)31-17-20-11-13-21(25)14-12-20/h3-14H,15-17H2,1-2H3,(H,26,28). The molecule has 0 aromatic heterocycles. The van der Waals surface area contributed by atoms with Crippen molar-refractivity contribution in [3.63, 3.8) is 0 Å². The van der Waals surface area contributed by atoms with Crippen LogP contribution in [0.3, 0.4) is 0 Å². The van der Waals surface area contributed by atoms with Crippen LogP contribution in [-0.2, 0) is 27.1 Å². The van der Waals surface area contributed by atoms with Crippen LogP contribution in [0.15, 0.2) is 77.7 Å². The van der Waals surface area contributed by atoms with E-state index in [1.807, 2.05) is 79.7 Å². The second-order valence-corrected chi connectivity index (χ2v) is 10.9. The van der Waals surface area contributed by atoms with Gasteiger partial charge < -0.3 is 5.32 Å². The van der Waals surface area contributed by atoms with E-state index in [2.05, 4.69) is 5.32 Å². The number of anilines is 1. The molecule has 0 spiro atoms. The Kier molecular flexibility index (Phi) is 8.37. The molecule has 0 unspecified atom stereocenters. The van der Waals surface area contributed by atoms with Crippen molar-refractivity contribution in [2.24, 2.45) is 0 Å². The van der Waals surface area contributed by atoms with Crippen LogP contribution >= 0.6 is 23.4 Å². The number of carbonyl (C=O) groups excluding carboxylic acids is 1. The number of rotatable bonds is 9. The smallest absolute Gasteiger partial charge is 0.239 e. The van der Waals surface area contributed by atoms with E-state index < -0.39 is 10.0 Å². The highest BCUT2D eigenvalue weighted by atomic mass is 35.5. The Hall–Kier alpha value is -2.32. The van der Waals surface area contributed by atoms with Crippen molar-refractivity contribution >= 4 is 45.0 Å². The maximum absolute atomic E-state index is 12.7. The number of benzene rings is 3. The molecule has 5 nitrogen and oxygen atoms in total. The van der Waals surface area contributed by atoms with Crippen LogP contribution in [0.2, 0.25) is 5.02 Å². The summed E-state index contributed by atoms with van der Waals surface area (Å²) < 4.78 is 25.7. The van der Waals surface area contributed by atoms with Crippen LogP contribution < -0.4 is 5.32 Å². The molecule has 0 aliphatic rings. The summed E-state index contributed by atoms with van der Waals surface area (Å²) in [5, 5.41) is 3.55. The quantitative estimate of drug-likeness (QED) is 0.413. The van der Waals surface area contributed by atoms with Gasteiger partial charge in [0.25, 0.3) is 0 Å². The lowest BCUT2D eigenvalue weighted by Gasteiger charge is -2.20. The summed E-state index contributed by atoms with van der Waals surface area (Å²) >= 11 is 7.53. The first-order valence-corrected chi connectivity index (χ1v) is 13.2. The summed E-state index contributed by atoms with van der Waals surface area (Å²) in [6, 6.07) is 22.7. The molecule has 0 aliphatic carbocycles. The van der Waals surface area contributed by atoms with Crippen LogP contribution in [0.4, 0.5) is 5.69 Å². The van der Waals surface area contributed by atoms with E-state index in [-0.39, 0.29) is 19.0 Å². The van der Waals surface area contributed by atoms with Gasteiger partial charge in [0.05, 0.1) is 18.5 Å². The van der Waals surface area contributed by atoms with Crippen LogP contribution in [0.25, 0.3) is 0 Å². The minimum atomic E-state index is -3.56. The highest BCUT2D eigenvalue weighted by Crippen LogP contribution is 2.30. The molecular weight excluding hydrogens is 464 g/mol. The normalized spacial score (nSPS) is 11.5. The van der Waals surface area contributed by atoms with E-state index >= 15 is 0 Å². The average Bonchev–Trinajstić information content (AvgIpc) is 2.74. The average molecular weight is 489 g/mol. The predicted octanol–water partition coefficient (Wildman–Crippen LogP) is 5.34. The number of hydrogen-bond donors (Lipinski definition) is 1. The van der Waals surface area contributed by atoms with E-state index in [1.165, 1.54) is 4.31 Å². The highest BCUT2D eigenvalue weighted by Gasteiger charge is 2.21. The lowest BCUT2D eigenvalue weighted by atomic mass is 10.1. The summed E-state index contributed by atoms with van der Waals surface area (Å²) in [5.41, 5.74) is 3.68. The van der Waals surface area contributed by atoms with Gasteiger partial charge in [0.2, 0.25) is 15.9 Å². The largest absolute Gasteiger partial charge is 0.324 e. The molecule has 0 atom stereocenters. The zero-order chi connectivity index (χ0) is 23.1. The molecular formula is C24H25ClN2O3S2. The fourth-order valence-electron chi connectivity index (χ4n) is 2.97. The summed E-state index contributed by atoms with van der Waals surface area (Å²) in [6.45, 7) is 1.84. The third-order valence-electron chi connectivity index (χ3n) is 4.74. The molecule has 0 bridgehead atoms. The molecule has 3 rings (SSSR count). The Labute approximate surface area is 198 Å². The fourth-order valence-corrected chi connectivity index (χ4v) is 4.80. The first-order chi connectivity index (χ1) is 15.2. The van der Waals surface area contributed by atoms with E-state index in [0.29, 0.717) is 16.5 Å². The molecule has 0 aliphatic heterocycles. The molecule has 168 valence electrons. The van der Waals surface area contributed by atoms with Crippen LogP contribution in [0, 0.1) is 6.92 Å². The van der Waals surface area contributed by atoms with E-state index in [9.17, 15) is 13.2 Å². The van der Waals surface area contributed by atoms with Gasteiger partial charge in [-0.2, -0.15) is 4.31 Å².